The summed E-state index contributed by atoms with van der Waals surface area (Å²) in [5, 5.41) is 19.7. The van der Waals surface area contributed by atoms with Crippen molar-refractivity contribution in [1.29, 1.82) is 0 Å². The van der Waals surface area contributed by atoms with Gasteiger partial charge in [-0.05, 0) is 25.3 Å². The predicted molar refractivity (Wildman–Crippen MR) is 77.5 cm³/mol. The van der Waals surface area contributed by atoms with Gasteiger partial charge in [-0.1, -0.05) is 6.07 Å². The fourth-order valence-corrected chi connectivity index (χ4v) is 2.00. The number of aliphatic hydroxyl groups is 1. The van der Waals surface area contributed by atoms with E-state index in [0.29, 0.717) is 13.0 Å². The average Bonchev–Trinajstić information content (AvgIpc) is 2.49. The van der Waals surface area contributed by atoms with Crippen molar-refractivity contribution in [3.8, 4) is 5.75 Å². The smallest absolute Gasteiger partial charge is 0.311 e. The molecule has 1 rings (SSSR count). The van der Waals surface area contributed by atoms with Crippen molar-refractivity contribution in [2.24, 2.45) is 0 Å². The number of hydrogen-bond acceptors (Lipinski definition) is 5. The molecule has 21 heavy (non-hydrogen) atoms. The number of para-hydroxylation sites is 1. The van der Waals surface area contributed by atoms with Crippen molar-refractivity contribution < 1.29 is 19.6 Å². The second kappa shape index (κ2) is 8.21. The first-order valence-corrected chi connectivity index (χ1v) is 6.70. The van der Waals surface area contributed by atoms with Gasteiger partial charge in [0.05, 0.1) is 17.6 Å². The Bertz CT molecular complexity index is 504. The fourth-order valence-electron chi connectivity index (χ4n) is 2.00. The number of nitrogens with zero attached hydrogens (tertiary/aromatic N) is 2. The van der Waals surface area contributed by atoms with Crippen LogP contribution in [0.15, 0.2) is 18.2 Å². The van der Waals surface area contributed by atoms with Crippen molar-refractivity contribution in [2.45, 2.75) is 19.3 Å². The lowest BCUT2D eigenvalue weighted by atomic mass is 10.1. The summed E-state index contributed by atoms with van der Waals surface area (Å²) in [6, 6.07) is 4.28. The number of carbonyl (C=O) groups excluding carboxylic acids is 1. The van der Waals surface area contributed by atoms with Crippen LogP contribution in [0.4, 0.5) is 5.69 Å². The Kier molecular flexibility index (Phi) is 6.61. The molecule has 0 radical (unpaired) electrons. The minimum atomic E-state index is -0.573. The second-order valence-corrected chi connectivity index (χ2v) is 4.63. The topological polar surface area (TPSA) is 92.9 Å². The molecule has 1 amide bonds. The molecular weight excluding hydrogens is 276 g/mol. The summed E-state index contributed by atoms with van der Waals surface area (Å²) < 4.78 is 5.03. The SMILES string of the molecule is COc1c(C(=O)N(C)CCCCCO)cccc1[N+](=O)[O-]. The standard InChI is InChI=1S/C14H20N2O5/c1-15(9-4-3-5-10-17)14(18)11-7-6-8-12(16(19)20)13(11)21-2/h6-8,17H,3-5,9-10H2,1-2H3. The number of unbranched alkanes of at least 4 members (excludes halogenated alkanes) is 2. The molecular formula is C14H20N2O5. The number of carbonyl (C=O) groups is 1. The van der Waals surface area contributed by atoms with Gasteiger partial charge in [0.15, 0.2) is 0 Å². The minimum absolute atomic E-state index is 0.0188. The fraction of sp³-hybridized carbons (Fsp3) is 0.500. The number of methoxy groups -OCH3 is 1. The number of benzene rings is 1. The summed E-state index contributed by atoms with van der Waals surface area (Å²) in [5.41, 5.74) is -0.0478. The number of nitro benzene ring substituents is 1. The van der Waals surface area contributed by atoms with Crippen molar-refractivity contribution in [2.75, 3.05) is 27.3 Å². The molecule has 0 aliphatic heterocycles. The summed E-state index contributed by atoms with van der Waals surface area (Å²) >= 11 is 0. The van der Waals surface area contributed by atoms with Crippen LogP contribution in [-0.4, -0.2) is 48.1 Å². The van der Waals surface area contributed by atoms with Crippen molar-refractivity contribution in [3.63, 3.8) is 0 Å². The van der Waals surface area contributed by atoms with Crippen LogP contribution in [0.25, 0.3) is 0 Å². The van der Waals surface area contributed by atoms with E-state index in [2.05, 4.69) is 0 Å². The van der Waals surface area contributed by atoms with Crippen molar-refractivity contribution >= 4 is 11.6 Å². The molecule has 1 aromatic carbocycles. The largest absolute Gasteiger partial charge is 0.490 e. The number of ether oxygens (including phenoxy) is 1. The van der Waals surface area contributed by atoms with Crippen LogP contribution in [0.5, 0.6) is 5.75 Å². The van der Waals surface area contributed by atoms with Gasteiger partial charge in [-0.2, -0.15) is 0 Å². The van der Waals surface area contributed by atoms with E-state index in [1.54, 1.807) is 7.05 Å². The summed E-state index contributed by atoms with van der Waals surface area (Å²) in [7, 11) is 2.94. The van der Waals surface area contributed by atoms with E-state index in [0.717, 1.165) is 12.8 Å². The zero-order valence-corrected chi connectivity index (χ0v) is 12.2. The molecule has 0 spiro atoms. The van der Waals surface area contributed by atoms with Crippen LogP contribution in [0.3, 0.4) is 0 Å². The molecule has 0 aliphatic rings. The number of nitro groups is 1. The van der Waals surface area contributed by atoms with Crippen LogP contribution in [0.1, 0.15) is 29.6 Å². The highest BCUT2D eigenvalue weighted by molar-refractivity contribution is 5.98. The molecule has 0 aromatic heterocycles. The van der Waals surface area contributed by atoms with E-state index in [9.17, 15) is 14.9 Å². The molecule has 1 aromatic rings. The second-order valence-electron chi connectivity index (χ2n) is 4.63. The van der Waals surface area contributed by atoms with E-state index in [1.807, 2.05) is 0 Å². The third kappa shape index (κ3) is 4.42. The van der Waals surface area contributed by atoms with E-state index < -0.39 is 4.92 Å². The van der Waals surface area contributed by atoms with Gasteiger partial charge in [0.25, 0.3) is 5.91 Å². The lowest BCUT2D eigenvalue weighted by Gasteiger charge is -2.18. The Morgan fingerprint density at radius 2 is 2.10 bits per heavy atom. The summed E-state index contributed by atoms with van der Waals surface area (Å²) in [4.78, 5) is 24.2. The zero-order valence-electron chi connectivity index (χ0n) is 12.2. The van der Waals surface area contributed by atoms with E-state index >= 15 is 0 Å². The Labute approximate surface area is 123 Å². The maximum atomic E-state index is 12.3. The normalized spacial score (nSPS) is 10.2. The van der Waals surface area contributed by atoms with Gasteiger partial charge in [-0.3, -0.25) is 14.9 Å². The number of amides is 1. The molecule has 0 saturated carbocycles. The maximum absolute atomic E-state index is 12.3. The first-order valence-electron chi connectivity index (χ1n) is 6.70. The Morgan fingerprint density at radius 1 is 1.38 bits per heavy atom. The number of hydrogen-bond donors (Lipinski definition) is 1. The van der Waals surface area contributed by atoms with Crippen molar-refractivity contribution in [3.05, 3.63) is 33.9 Å². The van der Waals surface area contributed by atoms with Gasteiger partial charge in [0.2, 0.25) is 5.75 Å². The molecule has 7 nitrogen and oxygen atoms in total. The quantitative estimate of drug-likeness (QED) is 0.449. The monoisotopic (exact) mass is 296 g/mol. The van der Waals surface area contributed by atoms with Gasteiger partial charge in [0.1, 0.15) is 0 Å². The van der Waals surface area contributed by atoms with Crippen LogP contribution in [0, 0.1) is 10.1 Å². The van der Waals surface area contributed by atoms with Crippen LogP contribution in [0.2, 0.25) is 0 Å². The molecule has 0 heterocycles. The lowest BCUT2D eigenvalue weighted by molar-refractivity contribution is -0.385. The van der Waals surface area contributed by atoms with Gasteiger partial charge < -0.3 is 14.7 Å². The minimum Gasteiger partial charge on any atom is -0.490 e. The molecule has 0 saturated heterocycles. The first kappa shape index (κ1) is 16.9. The van der Waals surface area contributed by atoms with E-state index in [1.165, 1.54) is 30.2 Å². The number of aliphatic hydroxyl groups excluding tert-OH is 1. The molecule has 116 valence electrons. The van der Waals surface area contributed by atoms with Crippen LogP contribution < -0.4 is 4.74 Å². The third-order valence-electron chi connectivity index (χ3n) is 3.12. The molecule has 0 bridgehead atoms. The summed E-state index contributed by atoms with van der Waals surface area (Å²) in [6.07, 6.45) is 2.28. The predicted octanol–water partition coefficient (Wildman–Crippen LogP) is 1.84. The molecule has 1 N–H and O–H groups in total. The molecule has 0 atom stereocenters. The molecule has 0 fully saturated rings. The summed E-state index contributed by atoms with van der Waals surface area (Å²) in [5.74, 6) is -0.339. The van der Waals surface area contributed by atoms with E-state index in [4.69, 9.17) is 9.84 Å². The molecule has 0 aliphatic carbocycles. The molecule has 0 unspecified atom stereocenters. The Hall–Kier alpha value is -2.15. The van der Waals surface area contributed by atoms with Gasteiger partial charge in [-0.15, -0.1) is 0 Å². The average molecular weight is 296 g/mol. The lowest BCUT2D eigenvalue weighted by Crippen LogP contribution is -2.28. The van der Waals surface area contributed by atoms with Crippen molar-refractivity contribution in [1.82, 2.24) is 4.90 Å². The third-order valence-corrected chi connectivity index (χ3v) is 3.12. The Balaban J connectivity index is 2.86. The van der Waals surface area contributed by atoms with Gasteiger partial charge >= 0.3 is 5.69 Å². The molecule has 7 heteroatoms. The number of rotatable bonds is 8. The first-order chi connectivity index (χ1) is 10.0. The Morgan fingerprint density at radius 3 is 2.67 bits per heavy atom. The highest BCUT2D eigenvalue weighted by Gasteiger charge is 2.24. The summed E-state index contributed by atoms with van der Waals surface area (Å²) in [6.45, 7) is 0.654. The van der Waals surface area contributed by atoms with Gasteiger partial charge in [-0.25, -0.2) is 0 Å². The highest BCUT2D eigenvalue weighted by atomic mass is 16.6. The van der Waals surface area contributed by atoms with Crippen LogP contribution in [-0.2, 0) is 0 Å². The van der Waals surface area contributed by atoms with E-state index in [-0.39, 0.29) is 29.5 Å². The van der Waals surface area contributed by atoms with Gasteiger partial charge in [0, 0.05) is 26.3 Å². The highest BCUT2D eigenvalue weighted by Crippen LogP contribution is 2.31. The van der Waals surface area contributed by atoms with Crippen LogP contribution >= 0.6 is 0 Å². The maximum Gasteiger partial charge on any atom is 0.311 e. The zero-order chi connectivity index (χ0) is 15.8.